The third-order valence-corrected chi connectivity index (χ3v) is 3.88. The molecule has 0 unspecified atom stereocenters. The molecule has 1 N–H and O–H groups in total. The Kier molecular flexibility index (Phi) is 5.50. The number of hydrogen-bond donors (Lipinski definition) is 1. The molecule has 2 rings (SSSR count). The molecule has 1 saturated carbocycles. The van der Waals surface area contributed by atoms with Gasteiger partial charge in [0.2, 0.25) is 0 Å². The maximum atomic E-state index is 4.75. The van der Waals surface area contributed by atoms with E-state index in [1.807, 2.05) is 0 Å². The van der Waals surface area contributed by atoms with Crippen molar-refractivity contribution in [1.82, 2.24) is 14.8 Å². The van der Waals surface area contributed by atoms with Gasteiger partial charge in [-0.25, -0.2) is 0 Å². The molecule has 112 valence electrons. The number of aliphatic imine (C=N–C) groups is 1. The predicted octanol–water partition coefficient (Wildman–Crippen LogP) is 2.61. The van der Waals surface area contributed by atoms with Crippen LogP contribution in [0, 0.1) is 5.92 Å². The fourth-order valence-corrected chi connectivity index (χ4v) is 2.42. The Balaban J connectivity index is 1.84. The molecule has 0 bridgehead atoms. The van der Waals surface area contributed by atoms with Crippen molar-refractivity contribution < 1.29 is 0 Å². The Morgan fingerprint density at radius 3 is 2.90 bits per heavy atom. The van der Waals surface area contributed by atoms with Crippen LogP contribution >= 0.6 is 0 Å². The molecule has 1 aromatic rings. The third-order valence-electron chi connectivity index (χ3n) is 3.88. The zero-order valence-corrected chi connectivity index (χ0v) is 13.1. The van der Waals surface area contributed by atoms with Crippen molar-refractivity contribution in [1.29, 1.82) is 0 Å². The van der Waals surface area contributed by atoms with Crippen molar-refractivity contribution >= 4 is 5.96 Å². The van der Waals surface area contributed by atoms with Crippen LogP contribution < -0.4 is 5.32 Å². The summed E-state index contributed by atoms with van der Waals surface area (Å²) in [5, 5.41) is 3.38. The summed E-state index contributed by atoms with van der Waals surface area (Å²) < 4.78 is 2.16. The average Bonchev–Trinajstić information content (AvgIpc) is 3.17. The minimum atomic E-state index is 0.887. The monoisotopic (exact) mass is 276 g/mol. The van der Waals surface area contributed by atoms with Crippen molar-refractivity contribution in [2.24, 2.45) is 18.0 Å². The fraction of sp³-hybridized carbons (Fsp3) is 0.688. The topological polar surface area (TPSA) is 32.6 Å². The van der Waals surface area contributed by atoms with E-state index in [9.17, 15) is 0 Å². The van der Waals surface area contributed by atoms with Crippen LogP contribution in [0.5, 0.6) is 0 Å². The summed E-state index contributed by atoms with van der Waals surface area (Å²) >= 11 is 0. The van der Waals surface area contributed by atoms with E-state index in [4.69, 9.17) is 4.99 Å². The van der Waals surface area contributed by atoms with Crippen LogP contribution in [-0.2, 0) is 13.6 Å². The molecule has 1 aliphatic rings. The second kappa shape index (κ2) is 7.36. The Hall–Kier alpha value is -1.45. The predicted molar refractivity (Wildman–Crippen MR) is 84.8 cm³/mol. The third kappa shape index (κ3) is 4.58. The number of nitrogens with zero attached hydrogens (tertiary/aromatic N) is 3. The zero-order chi connectivity index (χ0) is 14.4. The van der Waals surface area contributed by atoms with Gasteiger partial charge in [-0.3, -0.25) is 4.99 Å². The zero-order valence-electron chi connectivity index (χ0n) is 13.1. The van der Waals surface area contributed by atoms with Gasteiger partial charge in [-0.15, -0.1) is 0 Å². The largest absolute Gasteiger partial charge is 0.357 e. The number of aryl methyl sites for hydroxylation is 1. The molecular weight excluding hydrogens is 248 g/mol. The maximum absolute atomic E-state index is 4.75. The van der Waals surface area contributed by atoms with Gasteiger partial charge in [-0.2, -0.15) is 0 Å². The highest BCUT2D eigenvalue weighted by Crippen LogP contribution is 2.33. The SMILES string of the molecule is CCNC(=NCCCC1CC1)N(C)Cc1cccn1C. The van der Waals surface area contributed by atoms with Crippen LogP contribution in [0.1, 0.15) is 38.3 Å². The Bertz CT molecular complexity index is 431. The minimum absolute atomic E-state index is 0.887. The molecule has 4 nitrogen and oxygen atoms in total. The fourth-order valence-electron chi connectivity index (χ4n) is 2.42. The number of nitrogens with one attached hydrogen (secondary N) is 1. The lowest BCUT2D eigenvalue weighted by atomic mass is 10.2. The number of rotatable bonds is 7. The number of aromatic nitrogens is 1. The van der Waals surface area contributed by atoms with Crippen LogP contribution in [0.15, 0.2) is 23.3 Å². The molecule has 0 amide bonds. The Morgan fingerprint density at radius 2 is 2.30 bits per heavy atom. The molecule has 0 aliphatic heterocycles. The van der Waals surface area contributed by atoms with E-state index in [-0.39, 0.29) is 0 Å². The summed E-state index contributed by atoms with van der Waals surface area (Å²) in [4.78, 5) is 6.95. The van der Waals surface area contributed by atoms with Gasteiger partial charge < -0.3 is 14.8 Å². The highest BCUT2D eigenvalue weighted by atomic mass is 15.3. The first-order valence-corrected chi connectivity index (χ1v) is 7.80. The molecule has 1 fully saturated rings. The van der Waals surface area contributed by atoms with Crippen LogP contribution in [0.2, 0.25) is 0 Å². The Morgan fingerprint density at radius 1 is 1.50 bits per heavy atom. The first kappa shape index (κ1) is 14.9. The second-order valence-corrected chi connectivity index (χ2v) is 5.79. The highest BCUT2D eigenvalue weighted by Gasteiger charge is 2.20. The van der Waals surface area contributed by atoms with E-state index in [1.54, 1.807) is 0 Å². The van der Waals surface area contributed by atoms with Gasteiger partial charge in [0.1, 0.15) is 0 Å². The molecule has 4 heteroatoms. The summed E-state index contributed by atoms with van der Waals surface area (Å²) in [5.74, 6) is 2.03. The maximum Gasteiger partial charge on any atom is 0.194 e. The lowest BCUT2D eigenvalue weighted by Gasteiger charge is -2.22. The molecule has 20 heavy (non-hydrogen) atoms. The van der Waals surface area contributed by atoms with Crippen LogP contribution in [-0.4, -0.2) is 35.6 Å². The number of hydrogen-bond acceptors (Lipinski definition) is 1. The van der Waals surface area contributed by atoms with Crippen molar-refractivity contribution in [3.8, 4) is 0 Å². The van der Waals surface area contributed by atoms with E-state index in [1.165, 1.54) is 31.4 Å². The minimum Gasteiger partial charge on any atom is -0.357 e. The van der Waals surface area contributed by atoms with Crippen molar-refractivity contribution in [2.75, 3.05) is 20.1 Å². The molecule has 0 radical (unpaired) electrons. The highest BCUT2D eigenvalue weighted by molar-refractivity contribution is 5.79. The molecular formula is C16H28N4. The van der Waals surface area contributed by atoms with Gasteiger partial charge in [-0.05, 0) is 37.8 Å². The summed E-state index contributed by atoms with van der Waals surface area (Å²) in [5.41, 5.74) is 1.30. The lowest BCUT2D eigenvalue weighted by molar-refractivity contribution is 0.461. The first-order valence-electron chi connectivity index (χ1n) is 7.80. The molecule has 0 spiro atoms. The lowest BCUT2D eigenvalue weighted by Crippen LogP contribution is -2.38. The van der Waals surface area contributed by atoms with Gasteiger partial charge in [0.05, 0.1) is 6.54 Å². The van der Waals surface area contributed by atoms with E-state index in [0.29, 0.717) is 0 Å². The van der Waals surface area contributed by atoms with Crippen molar-refractivity contribution in [3.05, 3.63) is 24.0 Å². The normalized spacial score (nSPS) is 15.4. The van der Waals surface area contributed by atoms with Gasteiger partial charge in [0.25, 0.3) is 0 Å². The summed E-state index contributed by atoms with van der Waals surface area (Å²) in [6.45, 7) is 4.86. The molecule has 1 aromatic heterocycles. The number of guanidine groups is 1. The molecule has 0 aromatic carbocycles. The standard InChI is InChI=1S/C16H28N4/c1-4-17-16(18-11-5-7-14-9-10-14)20(3)13-15-8-6-12-19(15)2/h6,8,12,14H,4-5,7,9-11,13H2,1-3H3,(H,17,18). The van der Waals surface area contributed by atoms with E-state index in [0.717, 1.165) is 31.5 Å². The van der Waals surface area contributed by atoms with Crippen LogP contribution in [0.25, 0.3) is 0 Å². The van der Waals surface area contributed by atoms with E-state index in [2.05, 4.69) is 54.1 Å². The van der Waals surface area contributed by atoms with E-state index >= 15 is 0 Å². The van der Waals surface area contributed by atoms with Gasteiger partial charge >= 0.3 is 0 Å². The van der Waals surface area contributed by atoms with Crippen molar-refractivity contribution in [3.63, 3.8) is 0 Å². The summed E-state index contributed by atoms with van der Waals surface area (Å²) in [6.07, 6.45) is 7.54. The molecule has 0 atom stereocenters. The quantitative estimate of drug-likeness (QED) is 0.472. The van der Waals surface area contributed by atoms with E-state index < -0.39 is 0 Å². The Labute approximate surface area is 122 Å². The van der Waals surface area contributed by atoms with Crippen LogP contribution in [0.4, 0.5) is 0 Å². The summed E-state index contributed by atoms with van der Waals surface area (Å²) in [7, 11) is 4.19. The second-order valence-electron chi connectivity index (χ2n) is 5.79. The van der Waals surface area contributed by atoms with Crippen LogP contribution in [0.3, 0.4) is 0 Å². The first-order chi connectivity index (χ1) is 9.70. The molecule has 0 saturated heterocycles. The smallest absolute Gasteiger partial charge is 0.194 e. The average molecular weight is 276 g/mol. The van der Waals surface area contributed by atoms with Gasteiger partial charge in [0, 0.05) is 39.1 Å². The molecule has 1 aliphatic carbocycles. The van der Waals surface area contributed by atoms with Crippen molar-refractivity contribution in [2.45, 2.75) is 39.2 Å². The van der Waals surface area contributed by atoms with Gasteiger partial charge in [-0.1, -0.05) is 12.8 Å². The molecule has 1 heterocycles. The van der Waals surface area contributed by atoms with Gasteiger partial charge in [0.15, 0.2) is 5.96 Å². The summed E-state index contributed by atoms with van der Waals surface area (Å²) in [6, 6.07) is 4.25.